The third-order valence-corrected chi connectivity index (χ3v) is 0.669. The van der Waals surface area contributed by atoms with Crippen molar-refractivity contribution in [2.45, 2.75) is 0 Å². The topological polar surface area (TPSA) is 54.4 Å². The summed E-state index contributed by atoms with van der Waals surface area (Å²) in [5, 5.41) is 7.78. The summed E-state index contributed by atoms with van der Waals surface area (Å²) in [6, 6.07) is 0. The van der Waals surface area contributed by atoms with Gasteiger partial charge in [0.15, 0.2) is 0 Å². The van der Waals surface area contributed by atoms with Crippen molar-refractivity contribution in [1.29, 1.82) is 0 Å². The summed E-state index contributed by atoms with van der Waals surface area (Å²) >= 11 is 3.42. The maximum atomic E-state index is 9.84. The number of ketones is 1. The Morgan fingerprint density at radius 1 is 1.50 bits per heavy atom. The molecule has 0 fully saturated rings. The zero-order chi connectivity index (χ0) is 5.86. The van der Waals surface area contributed by atoms with E-state index in [4.69, 9.17) is 5.11 Å². The zero-order valence-electron chi connectivity index (χ0n) is 3.42. The van der Waals surface area contributed by atoms with Crippen LogP contribution in [0.25, 0.3) is 0 Å². The average molecular weight is 144 g/mol. The van der Waals surface area contributed by atoms with Gasteiger partial charge in [-0.15, -0.1) is 0 Å². The summed E-state index contributed by atoms with van der Waals surface area (Å²) < 4.78 is 0. The van der Waals surface area contributed by atoms with E-state index in [1.54, 1.807) is 0 Å². The molecular weight excluding hydrogens is 139 g/mol. The molecule has 0 aliphatic rings. The second kappa shape index (κ2) is 5.62. The molecule has 0 aromatic rings. The first kappa shape index (κ1) is 11.3. The summed E-state index contributed by atoms with van der Waals surface area (Å²) in [5.74, 6) is -2.52. The van der Waals surface area contributed by atoms with Crippen LogP contribution in [0.2, 0.25) is 0 Å². The number of thiol groups is 1. The predicted octanol–water partition coefficient (Wildman–Crippen LogP) is -1.08. The van der Waals surface area contributed by atoms with Crippen molar-refractivity contribution >= 4 is 53.9 Å². The summed E-state index contributed by atoms with van der Waals surface area (Å²) in [7, 11) is 0. The summed E-state index contributed by atoms with van der Waals surface area (Å²) in [4.78, 5) is 19.4. The molecule has 0 rings (SSSR count). The van der Waals surface area contributed by atoms with Gasteiger partial charge in [-0.3, -0.25) is 4.79 Å². The molecule has 0 heterocycles. The van der Waals surface area contributed by atoms with Crippen molar-refractivity contribution in [3.8, 4) is 0 Å². The van der Waals surface area contributed by atoms with Crippen molar-refractivity contribution in [1.82, 2.24) is 0 Å². The predicted molar refractivity (Wildman–Crippen MR) is 33.6 cm³/mol. The van der Waals surface area contributed by atoms with E-state index in [-0.39, 0.29) is 35.3 Å². The van der Waals surface area contributed by atoms with Crippen molar-refractivity contribution in [3.05, 3.63) is 0 Å². The molecule has 3 nitrogen and oxygen atoms in total. The van der Waals surface area contributed by atoms with Gasteiger partial charge in [-0.25, -0.2) is 4.79 Å². The van der Waals surface area contributed by atoms with Gasteiger partial charge in [-0.2, -0.15) is 12.6 Å². The molecule has 42 valence electrons. The van der Waals surface area contributed by atoms with Gasteiger partial charge >= 0.3 is 35.5 Å². The molecule has 0 aliphatic carbocycles. The van der Waals surface area contributed by atoms with Gasteiger partial charge in [-0.1, -0.05) is 0 Å². The second-order valence-electron chi connectivity index (χ2n) is 0.886. The first-order chi connectivity index (χ1) is 3.18. The van der Waals surface area contributed by atoms with Crippen LogP contribution in [-0.4, -0.2) is 52.2 Å². The van der Waals surface area contributed by atoms with Crippen LogP contribution in [0.3, 0.4) is 0 Å². The molecular formula is C3H5NaO3S. The standard InChI is InChI=1S/C3H4O3S.Na.H/c4-2(1-7)3(5)6;;/h7H,1H2,(H,5,6);;. The van der Waals surface area contributed by atoms with E-state index in [9.17, 15) is 9.59 Å². The second-order valence-corrected chi connectivity index (χ2v) is 1.20. The van der Waals surface area contributed by atoms with Gasteiger partial charge in [0.25, 0.3) is 0 Å². The van der Waals surface area contributed by atoms with Gasteiger partial charge in [0.1, 0.15) is 0 Å². The monoisotopic (exact) mass is 144 g/mol. The van der Waals surface area contributed by atoms with E-state index in [0.717, 1.165) is 0 Å². The summed E-state index contributed by atoms with van der Waals surface area (Å²) in [6.45, 7) is 0. The Hall–Kier alpha value is 0.490. The van der Waals surface area contributed by atoms with Gasteiger partial charge < -0.3 is 5.11 Å². The van der Waals surface area contributed by atoms with Gasteiger partial charge in [0.2, 0.25) is 5.78 Å². The molecule has 0 atom stereocenters. The summed E-state index contributed by atoms with van der Waals surface area (Å²) in [5.41, 5.74) is 0. The van der Waals surface area contributed by atoms with Gasteiger partial charge in [-0.05, 0) is 0 Å². The maximum absolute atomic E-state index is 9.84. The first-order valence-corrected chi connectivity index (χ1v) is 2.18. The fourth-order valence-electron chi connectivity index (χ4n) is 0.0676. The Morgan fingerprint density at radius 2 is 1.88 bits per heavy atom. The van der Waals surface area contributed by atoms with E-state index < -0.39 is 11.8 Å². The number of aliphatic carboxylic acids is 1. The van der Waals surface area contributed by atoms with Crippen LogP contribution < -0.4 is 0 Å². The molecule has 0 radical (unpaired) electrons. The Bertz CT molecular complexity index is 103. The quantitative estimate of drug-likeness (QED) is 0.294. The van der Waals surface area contributed by atoms with Crippen molar-refractivity contribution in [3.63, 3.8) is 0 Å². The number of rotatable bonds is 2. The average Bonchev–Trinajstić information content (AvgIpc) is 1.65. The number of carbonyl (C=O) groups is 2. The van der Waals surface area contributed by atoms with E-state index in [1.807, 2.05) is 0 Å². The van der Waals surface area contributed by atoms with Crippen LogP contribution in [-0.2, 0) is 9.59 Å². The third-order valence-electron chi connectivity index (χ3n) is 0.382. The van der Waals surface area contributed by atoms with Crippen molar-refractivity contribution in [2.75, 3.05) is 5.75 Å². The molecule has 0 aromatic heterocycles. The van der Waals surface area contributed by atoms with Crippen LogP contribution in [0, 0.1) is 0 Å². The molecule has 0 saturated heterocycles. The van der Waals surface area contributed by atoms with Gasteiger partial charge in [0.05, 0.1) is 5.75 Å². The number of hydrogen-bond acceptors (Lipinski definition) is 3. The molecule has 0 aliphatic heterocycles. The SMILES string of the molecule is O=C(O)C(=O)CS.[NaH]. The zero-order valence-corrected chi connectivity index (χ0v) is 4.31. The third kappa shape index (κ3) is 4.64. The minimum atomic E-state index is -1.42. The van der Waals surface area contributed by atoms with Crippen molar-refractivity contribution < 1.29 is 14.7 Å². The number of hydrogen-bond donors (Lipinski definition) is 2. The molecule has 0 unspecified atom stereocenters. The van der Waals surface area contributed by atoms with Crippen LogP contribution >= 0.6 is 12.6 Å². The Kier molecular flexibility index (Phi) is 7.95. The summed E-state index contributed by atoms with van der Waals surface area (Å²) in [6.07, 6.45) is 0. The fraction of sp³-hybridized carbons (Fsp3) is 0.333. The number of carboxylic acid groups (broad SMARTS) is 1. The molecule has 0 aromatic carbocycles. The first-order valence-electron chi connectivity index (χ1n) is 1.55. The number of carbonyl (C=O) groups excluding carboxylic acids is 1. The van der Waals surface area contributed by atoms with Crippen LogP contribution in [0.5, 0.6) is 0 Å². The minimum absolute atomic E-state index is 0. The molecule has 8 heavy (non-hydrogen) atoms. The molecule has 0 bridgehead atoms. The van der Waals surface area contributed by atoms with E-state index in [2.05, 4.69) is 12.6 Å². The molecule has 1 N–H and O–H groups in total. The Balaban J connectivity index is 0. The van der Waals surface area contributed by atoms with Crippen LogP contribution in [0.1, 0.15) is 0 Å². The van der Waals surface area contributed by atoms with Crippen LogP contribution in [0.4, 0.5) is 0 Å². The Morgan fingerprint density at radius 3 is 1.88 bits per heavy atom. The van der Waals surface area contributed by atoms with E-state index in [0.29, 0.717) is 0 Å². The Labute approximate surface area is 74.2 Å². The van der Waals surface area contributed by atoms with E-state index in [1.165, 1.54) is 0 Å². The normalized spacial score (nSPS) is 7.12. The van der Waals surface area contributed by atoms with Gasteiger partial charge in [0, 0.05) is 0 Å². The number of carboxylic acids is 1. The van der Waals surface area contributed by atoms with Crippen LogP contribution in [0.15, 0.2) is 0 Å². The van der Waals surface area contributed by atoms with E-state index >= 15 is 0 Å². The number of Topliss-reactive ketones (excluding diaryl/α,β-unsaturated/α-hetero) is 1. The molecule has 0 amide bonds. The molecule has 0 spiro atoms. The molecule has 0 saturated carbocycles. The fourth-order valence-corrected chi connectivity index (χ4v) is 0.203. The molecule has 5 heteroatoms. The van der Waals surface area contributed by atoms with Crippen molar-refractivity contribution in [2.24, 2.45) is 0 Å².